The summed E-state index contributed by atoms with van der Waals surface area (Å²) in [6.45, 7) is 0.598. The molecule has 3 heterocycles. The number of fused-ring (bicyclic) bond motifs is 1. The highest BCUT2D eigenvalue weighted by Gasteiger charge is 2.55. The maximum atomic E-state index is 12.9. The SMILES string of the molecule is CO/N=C(\C(=O)NC1C(=O)N2C(C(=O)O)=C(C[N+](C)(CCO)CCO)CS[C@@H]12)c1nsc(N)n1. The molecule has 1 unspecified atom stereocenters. The van der Waals surface area contributed by atoms with Crippen LogP contribution in [0.2, 0.25) is 0 Å². The van der Waals surface area contributed by atoms with E-state index in [1.807, 2.05) is 0 Å². The number of quaternary nitrogens is 1. The monoisotopic (exact) mass is 516 g/mol. The van der Waals surface area contributed by atoms with Gasteiger partial charge in [0.15, 0.2) is 5.13 Å². The van der Waals surface area contributed by atoms with Gasteiger partial charge >= 0.3 is 5.97 Å². The lowest BCUT2D eigenvalue weighted by Crippen LogP contribution is -2.71. The Morgan fingerprint density at radius 1 is 1.35 bits per heavy atom. The summed E-state index contributed by atoms with van der Waals surface area (Å²) >= 11 is 2.18. The van der Waals surface area contributed by atoms with Crippen LogP contribution in [-0.4, -0.2) is 122 Å². The van der Waals surface area contributed by atoms with Crippen molar-refractivity contribution in [2.45, 2.75) is 11.4 Å². The van der Waals surface area contributed by atoms with Crippen molar-refractivity contribution in [2.75, 3.05) is 58.5 Å². The number of β-lactam (4-membered cyclic amide) rings is 1. The standard InChI is InChI=1S/C18H25N7O7S2/c1-25(3-5-26,4-6-27)7-9-8-33-16-11(15(29)24(16)12(9)17(30)31)20-14(28)10(22-32-2)13-21-18(19)34-23-13/h11,16,26-27H,3-8H2,1-2H3,(H3-,19,20,21,23,28,30,31)/p+1/b22-10-/t11?,16-/m0/s1. The van der Waals surface area contributed by atoms with Gasteiger partial charge in [-0.2, -0.15) is 9.36 Å². The summed E-state index contributed by atoms with van der Waals surface area (Å²) in [7, 11) is 3.04. The number of thioether (sulfide) groups is 1. The zero-order valence-corrected chi connectivity index (χ0v) is 20.1. The molecule has 2 atom stereocenters. The molecule has 2 aliphatic rings. The van der Waals surface area contributed by atoms with Gasteiger partial charge in [-0.25, -0.2) is 4.79 Å². The summed E-state index contributed by atoms with van der Waals surface area (Å²) < 4.78 is 4.14. The third kappa shape index (κ3) is 5.15. The summed E-state index contributed by atoms with van der Waals surface area (Å²) in [4.78, 5) is 47.6. The third-order valence-electron chi connectivity index (χ3n) is 5.44. The topological polar surface area (TPSA) is 201 Å². The van der Waals surface area contributed by atoms with Crippen molar-refractivity contribution >= 4 is 51.9 Å². The minimum absolute atomic E-state index is 0.0556. The number of hydrogen-bond acceptors (Lipinski definition) is 12. The van der Waals surface area contributed by atoms with E-state index in [0.29, 0.717) is 24.4 Å². The van der Waals surface area contributed by atoms with E-state index in [-0.39, 0.29) is 46.6 Å². The molecule has 1 saturated heterocycles. The van der Waals surface area contributed by atoms with Gasteiger partial charge in [0.2, 0.25) is 11.5 Å². The van der Waals surface area contributed by atoms with Gasteiger partial charge in [-0.05, 0) is 0 Å². The number of aliphatic hydroxyl groups excluding tert-OH is 2. The number of likely N-dealkylation sites (N-methyl/N-ethyl adjacent to an activating group) is 1. The molecule has 2 amide bonds. The average Bonchev–Trinajstić information content (AvgIpc) is 3.21. The second-order valence-corrected chi connectivity index (χ2v) is 9.76. The third-order valence-corrected chi connectivity index (χ3v) is 7.32. The van der Waals surface area contributed by atoms with Crippen molar-refractivity contribution in [1.82, 2.24) is 19.6 Å². The predicted octanol–water partition coefficient (Wildman–Crippen LogP) is -2.36. The van der Waals surface area contributed by atoms with E-state index in [1.54, 1.807) is 7.05 Å². The highest BCUT2D eigenvalue weighted by atomic mass is 32.2. The molecule has 34 heavy (non-hydrogen) atoms. The van der Waals surface area contributed by atoms with Crippen LogP contribution in [0.4, 0.5) is 5.13 Å². The predicted molar refractivity (Wildman–Crippen MR) is 123 cm³/mol. The molecule has 1 aromatic heterocycles. The van der Waals surface area contributed by atoms with E-state index in [9.17, 15) is 29.7 Å². The number of nitrogens with two attached hydrogens (primary N) is 1. The molecule has 3 rings (SSSR count). The number of carboxylic acid groups (broad SMARTS) is 1. The summed E-state index contributed by atoms with van der Waals surface area (Å²) in [6, 6.07) is -0.984. The lowest BCUT2D eigenvalue weighted by atomic mass is 10.0. The number of nitrogens with one attached hydrogen (secondary N) is 1. The number of nitrogens with zero attached hydrogens (tertiary/aromatic N) is 5. The van der Waals surface area contributed by atoms with E-state index in [2.05, 4.69) is 19.8 Å². The molecule has 0 spiro atoms. The van der Waals surface area contributed by atoms with Crippen molar-refractivity contribution in [3.63, 3.8) is 0 Å². The molecule has 14 nitrogen and oxygen atoms in total. The molecular formula is C18H26N7O7S2+. The fourth-order valence-corrected chi connectivity index (χ4v) is 5.60. The van der Waals surface area contributed by atoms with Crippen LogP contribution in [0.25, 0.3) is 0 Å². The number of carbonyl (C=O) groups is 3. The number of nitrogen functional groups attached to an aromatic ring is 1. The molecule has 1 aromatic rings. The van der Waals surface area contributed by atoms with Crippen LogP contribution in [0.3, 0.4) is 0 Å². The van der Waals surface area contributed by atoms with Crippen molar-refractivity contribution < 1.29 is 39.0 Å². The summed E-state index contributed by atoms with van der Waals surface area (Å²) in [5, 5.41) is 34.3. The quantitative estimate of drug-likeness (QED) is 0.0911. The molecule has 186 valence electrons. The first kappa shape index (κ1) is 25.8. The Hall–Kier alpha value is -2.79. The maximum Gasteiger partial charge on any atom is 0.352 e. The molecule has 0 saturated carbocycles. The maximum absolute atomic E-state index is 12.9. The number of rotatable bonds is 11. The van der Waals surface area contributed by atoms with E-state index < -0.39 is 29.2 Å². The summed E-state index contributed by atoms with van der Waals surface area (Å²) in [6.07, 6.45) is 0. The number of aromatic nitrogens is 2. The molecule has 6 N–H and O–H groups in total. The molecule has 1 fully saturated rings. The van der Waals surface area contributed by atoms with Gasteiger partial charge in [0.05, 0.1) is 20.3 Å². The van der Waals surface area contributed by atoms with Gasteiger partial charge in [-0.15, -0.1) is 11.8 Å². The molecule has 0 bridgehead atoms. The van der Waals surface area contributed by atoms with Crippen LogP contribution in [0.5, 0.6) is 0 Å². The van der Waals surface area contributed by atoms with Crippen LogP contribution >= 0.6 is 23.3 Å². The number of oxime groups is 1. The van der Waals surface area contributed by atoms with Gasteiger partial charge in [0.1, 0.15) is 43.9 Å². The second kappa shape index (κ2) is 10.6. The molecule has 2 aliphatic heterocycles. The van der Waals surface area contributed by atoms with Gasteiger partial charge in [0, 0.05) is 22.9 Å². The Labute approximate surface area is 202 Å². The lowest BCUT2D eigenvalue weighted by Gasteiger charge is -2.50. The molecule has 0 aliphatic carbocycles. The normalized spacial score (nSPS) is 20.6. The summed E-state index contributed by atoms with van der Waals surface area (Å²) in [5.74, 6) is -2.36. The Kier molecular flexibility index (Phi) is 8.09. The number of anilines is 1. The van der Waals surface area contributed by atoms with Gasteiger partial charge in [0.25, 0.3) is 11.8 Å². The number of hydrogen-bond donors (Lipinski definition) is 5. The zero-order chi connectivity index (χ0) is 25.0. The van der Waals surface area contributed by atoms with Gasteiger partial charge in [-0.3, -0.25) is 14.5 Å². The number of aliphatic hydroxyl groups is 2. The lowest BCUT2D eigenvalue weighted by molar-refractivity contribution is -0.905. The minimum Gasteiger partial charge on any atom is -0.477 e. The molecular weight excluding hydrogens is 490 g/mol. The van der Waals surface area contributed by atoms with Crippen molar-refractivity contribution in [1.29, 1.82) is 0 Å². The largest absolute Gasteiger partial charge is 0.477 e. The molecule has 0 radical (unpaired) electrons. The van der Waals surface area contributed by atoms with Crippen molar-refractivity contribution in [2.24, 2.45) is 5.16 Å². The number of carbonyl (C=O) groups excluding carboxylic acids is 2. The number of amides is 2. The number of carboxylic acids is 1. The van der Waals surface area contributed by atoms with Crippen LogP contribution < -0.4 is 11.1 Å². The first-order valence-electron chi connectivity index (χ1n) is 10.1. The summed E-state index contributed by atoms with van der Waals surface area (Å²) in [5.41, 5.74) is 5.67. The van der Waals surface area contributed by atoms with Gasteiger partial charge in [-0.1, -0.05) is 5.16 Å². The first-order valence-corrected chi connectivity index (χ1v) is 11.9. The first-order chi connectivity index (χ1) is 16.2. The Morgan fingerprint density at radius 2 is 2.03 bits per heavy atom. The second-order valence-electron chi connectivity index (χ2n) is 7.87. The Balaban J connectivity index is 1.80. The fourth-order valence-electron chi connectivity index (χ4n) is 3.83. The molecule has 0 aromatic carbocycles. The van der Waals surface area contributed by atoms with Crippen LogP contribution in [0.1, 0.15) is 5.82 Å². The molecule has 16 heteroatoms. The number of aliphatic carboxylic acids is 1. The smallest absolute Gasteiger partial charge is 0.352 e. The zero-order valence-electron chi connectivity index (χ0n) is 18.5. The van der Waals surface area contributed by atoms with Crippen molar-refractivity contribution in [3.05, 3.63) is 17.1 Å². The van der Waals surface area contributed by atoms with Crippen LogP contribution in [0, 0.1) is 0 Å². The Bertz CT molecular complexity index is 1020. The van der Waals surface area contributed by atoms with Crippen LogP contribution in [0.15, 0.2) is 16.4 Å². The van der Waals surface area contributed by atoms with E-state index in [0.717, 1.165) is 16.4 Å². The Morgan fingerprint density at radius 3 is 2.56 bits per heavy atom. The average molecular weight is 517 g/mol. The van der Waals surface area contributed by atoms with E-state index in [1.165, 1.54) is 18.9 Å². The highest BCUT2D eigenvalue weighted by Crippen LogP contribution is 2.40. The highest BCUT2D eigenvalue weighted by molar-refractivity contribution is 8.00. The van der Waals surface area contributed by atoms with Gasteiger partial charge < -0.3 is 35.7 Å². The minimum atomic E-state index is -1.26. The van der Waals surface area contributed by atoms with E-state index >= 15 is 0 Å². The van der Waals surface area contributed by atoms with Crippen LogP contribution in [-0.2, 0) is 19.2 Å². The van der Waals surface area contributed by atoms with E-state index in [4.69, 9.17) is 10.6 Å². The fraction of sp³-hybridized carbons (Fsp3) is 0.556. The van der Waals surface area contributed by atoms with Crippen molar-refractivity contribution in [3.8, 4) is 0 Å².